The highest BCUT2D eigenvalue weighted by molar-refractivity contribution is 5.90. The third-order valence-electron chi connectivity index (χ3n) is 2.62. The van der Waals surface area contributed by atoms with Gasteiger partial charge in [0.15, 0.2) is 0 Å². The molecule has 0 saturated heterocycles. The lowest BCUT2D eigenvalue weighted by molar-refractivity contribution is 0.0801. The molecule has 96 valence electrons. The Morgan fingerprint density at radius 1 is 1.53 bits per heavy atom. The van der Waals surface area contributed by atoms with E-state index in [4.69, 9.17) is 6.42 Å². The molecule has 1 heterocycles. The van der Waals surface area contributed by atoms with Crippen molar-refractivity contribution >= 4 is 5.91 Å². The molecule has 0 aliphatic carbocycles. The largest absolute Gasteiger partial charge is 0.328 e. The van der Waals surface area contributed by atoms with Crippen LogP contribution in [0, 0.1) is 19.3 Å². The molecule has 5 heteroatoms. The van der Waals surface area contributed by atoms with E-state index in [0.29, 0.717) is 0 Å². The minimum Gasteiger partial charge on any atom is -0.328 e. The summed E-state index contributed by atoms with van der Waals surface area (Å²) in [6, 6.07) is 7.79. The van der Waals surface area contributed by atoms with Crippen molar-refractivity contribution < 1.29 is 4.79 Å². The number of rotatable bonds is 3. The molecule has 1 amide bonds. The van der Waals surface area contributed by atoms with Gasteiger partial charge in [0.1, 0.15) is 6.33 Å². The lowest BCUT2D eigenvalue weighted by atomic mass is 10.2. The van der Waals surface area contributed by atoms with Crippen LogP contribution in [0.2, 0.25) is 0 Å². The standard InChI is InChI=1S/C14H14N4O/c1-4-8-17(3)14(19)13-15-10-18(16-13)12-7-5-6-11(2)9-12/h1,5-7,9-10H,8H2,2-3H3. The first-order valence-electron chi connectivity index (χ1n) is 5.79. The molecule has 0 aliphatic heterocycles. The van der Waals surface area contributed by atoms with Crippen LogP contribution in [0.15, 0.2) is 30.6 Å². The van der Waals surface area contributed by atoms with Crippen molar-refractivity contribution in [2.45, 2.75) is 6.92 Å². The van der Waals surface area contributed by atoms with Crippen LogP contribution in [0.4, 0.5) is 0 Å². The molecule has 0 radical (unpaired) electrons. The Balaban J connectivity index is 2.25. The molecule has 1 aromatic carbocycles. The van der Waals surface area contributed by atoms with Crippen molar-refractivity contribution in [2.75, 3.05) is 13.6 Å². The van der Waals surface area contributed by atoms with Crippen molar-refractivity contribution in [3.63, 3.8) is 0 Å². The number of benzene rings is 1. The molecular formula is C14H14N4O. The molecule has 0 atom stereocenters. The number of carbonyl (C=O) groups excluding carboxylic acids is 1. The number of aromatic nitrogens is 3. The van der Waals surface area contributed by atoms with Gasteiger partial charge in [-0.05, 0) is 24.6 Å². The summed E-state index contributed by atoms with van der Waals surface area (Å²) in [5.41, 5.74) is 1.98. The zero-order valence-electron chi connectivity index (χ0n) is 10.9. The van der Waals surface area contributed by atoms with Gasteiger partial charge in [0.05, 0.1) is 12.2 Å². The minimum absolute atomic E-state index is 0.138. The van der Waals surface area contributed by atoms with Crippen molar-refractivity contribution in [1.82, 2.24) is 19.7 Å². The molecule has 1 aromatic heterocycles. The minimum atomic E-state index is -0.288. The second-order valence-electron chi connectivity index (χ2n) is 4.22. The van der Waals surface area contributed by atoms with Crippen LogP contribution in [0.25, 0.3) is 5.69 Å². The summed E-state index contributed by atoms with van der Waals surface area (Å²) in [6.07, 6.45) is 6.69. The Morgan fingerprint density at radius 2 is 2.32 bits per heavy atom. The number of carbonyl (C=O) groups is 1. The number of hydrogen-bond donors (Lipinski definition) is 0. The third kappa shape index (κ3) is 2.80. The van der Waals surface area contributed by atoms with E-state index in [-0.39, 0.29) is 18.3 Å². The SMILES string of the molecule is C#CCN(C)C(=O)c1ncn(-c2cccc(C)c2)n1. The maximum atomic E-state index is 11.9. The molecule has 0 spiro atoms. The first-order chi connectivity index (χ1) is 9.11. The predicted octanol–water partition coefficient (Wildman–Crippen LogP) is 1.28. The van der Waals surface area contributed by atoms with E-state index in [2.05, 4.69) is 16.0 Å². The van der Waals surface area contributed by atoms with Gasteiger partial charge in [-0.3, -0.25) is 4.79 Å². The maximum Gasteiger partial charge on any atom is 0.294 e. The number of terminal acetylenes is 1. The lowest BCUT2D eigenvalue weighted by Crippen LogP contribution is -2.28. The Morgan fingerprint density at radius 3 is 3.00 bits per heavy atom. The van der Waals surface area contributed by atoms with Crippen LogP contribution in [0.3, 0.4) is 0 Å². The van der Waals surface area contributed by atoms with Gasteiger partial charge in [-0.25, -0.2) is 9.67 Å². The van der Waals surface area contributed by atoms with Gasteiger partial charge >= 0.3 is 0 Å². The van der Waals surface area contributed by atoms with Gasteiger partial charge in [0.25, 0.3) is 5.91 Å². The fourth-order valence-corrected chi connectivity index (χ4v) is 1.64. The molecule has 0 aliphatic rings. The zero-order valence-corrected chi connectivity index (χ0v) is 10.9. The van der Waals surface area contributed by atoms with Crippen molar-refractivity contribution in [3.05, 3.63) is 42.0 Å². The second kappa shape index (κ2) is 5.36. The van der Waals surface area contributed by atoms with E-state index < -0.39 is 0 Å². The van der Waals surface area contributed by atoms with Crippen LogP contribution >= 0.6 is 0 Å². The summed E-state index contributed by atoms with van der Waals surface area (Å²) in [6.45, 7) is 2.23. The summed E-state index contributed by atoms with van der Waals surface area (Å²) in [5.74, 6) is 2.26. The fourth-order valence-electron chi connectivity index (χ4n) is 1.64. The van der Waals surface area contributed by atoms with Crippen molar-refractivity contribution in [3.8, 4) is 18.0 Å². The molecule has 0 saturated carbocycles. The molecule has 5 nitrogen and oxygen atoms in total. The molecule has 2 aromatic rings. The quantitative estimate of drug-likeness (QED) is 0.775. The monoisotopic (exact) mass is 254 g/mol. The Bertz CT molecular complexity index is 639. The molecule has 0 fully saturated rings. The first kappa shape index (κ1) is 12.8. The molecule has 0 N–H and O–H groups in total. The van der Waals surface area contributed by atoms with Gasteiger partial charge < -0.3 is 4.90 Å². The maximum absolute atomic E-state index is 11.9. The Labute approximate surface area is 111 Å². The average Bonchev–Trinajstić information content (AvgIpc) is 2.87. The summed E-state index contributed by atoms with van der Waals surface area (Å²) >= 11 is 0. The lowest BCUT2D eigenvalue weighted by Gasteiger charge is -2.10. The Hall–Kier alpha value is -2.61. The first-order valence-corrected chi connectivity index (χ1v) is 5.79. The predicted molar refractivity (Wildman–Crippen MR) is 71.9 cm³/mol. The number of nitrogens with zero attached hydrogens (tertiary/aromatic N) is 4. The summed E-state index contributed by atoms with van der Waals surface area (Å²) in [7, 11) is 1.62. The topological polar surface area (TPSA) is 51.0 Å². The Kier molecular flexibility index (Phi) is 3.62. The zero-order chi connectivity index (χ0) is 13.8. The highest BCUT2D eigenvalue weighted by Crippen LogP contribution is 2.09. The number of hydrogen-bond acceptors (Lipinski definition) is 3. The molecule has 19 heavy (non-hydrogen) atoms. The van der Waals surface area contributed by atoms with E-state index in [1.807, 2.05) is 31.2 Å². The van der Waals surface area contributed by atoms with E-state index in [1.165, 1.54) is 11.2 Å². The van der Waals surface area contributed by atoms with Gasteiger partial charge in [-0.15, -0.1) is 11.5 Å². The van der Waals surface area contributed by atoms with Crippen LogP contribution in [-0.2, 0) is 0 Å². The van der Waals surface area contributed by atoms with Crippen molar-refractivity contribution in [1.29, 1.82) is 0 Å². The van der Waals surface area contributed by atoms with E-state index >= 15 is 0 Å². The molecule has 0 unspecified atom stereocenters. The normalized spacial score (nSPS) is 9.95. The average molecular weight is 254 g/mol. The molecule has 0 bridgehead atoms. The molecular weight excluding hydrogens is 240 g/mol. The highest BCUT2D eigenvalue weighted by atomic mass is 16.2. The van der Waals surface area contributed by atoms with Gasteiger partial charge in [0.2, 0.25) is 5.82 Å². The smallest absolute Gasteiger partial charge is 0.294 e. The van der Waals surface area contributed by atoms with Gasteiger partial charge in [0, 0.05) is 7.05 Å². The van der Waals surface area contributed by atoms with Crippen LogP contribution < -0.4 is 0 Å². The summed E-state index contributed by atoms with van der Waals surface area (Å²) in [4.78, 5) is 17.4. The van der Waals surface area contributed by atoms with Crippen LogP contribution in [0.5, 0.6) is 0 Å². The van der Waals surface area contributed by atoms with Crippen LogP contribution in [-0.4, -0.2) is 39.2 Å². The highest BCUT2D eigenvalue weighted by Gasteiger charge is 2.15. The summed E-state index contributed by atoms with van der Waals surface area (Å²) in [5, 5.41) is 4.17. The van der Waals surface area contributed by atoms with E-state index in [1.54, 1.807) is 11.7 Å². The second-order valence-corrected chi connectivity index (χ2v) is 4.22. The number of amides is 1. The summed E-state index contributed by atoms with van der Waals surface area (Å²) < 4.78 is 1.57. The molecule has 2 rings (SSSR count). The van der Waals surface area contributed by atoms with E-state index in [0.717, 1.165) is 11.3 Å². The third-order valence-corrected chi connectivity index (χ3v) is 2.62. The van der Waals surface area contributed by atoms with Crippen molar-refractivity contribution in [2.24, 2.45) is 0 Å². The number of aryl methyl sites for hydroxylation is 1. The van der Waals surface area contributed by atoms with Gasteiger partial charge in [-0.2, -0.15) is 0 Å². The fraction of sp³-hybridized carbons (Fsp3) is 0.214. The van der Waals surface area contributed by atoms with E-state index in [9.17, 15) is 4.79 Å². The van der Waals surface area contributed by atoms with Crippen LogP contribution in [0.1, 0.15) is 16.2 Å². The van der Waals surface area contributed by atoms with Gasteiger partial charge in [-0.1, -0.05) is 18.1 Å².